The third-order valence-electron chi connectivity index (χ3n) is 4.68. The average Bonchev–Trinajstić information content (AvgIpc) is 2.58. The van der Waals surface area contributed by atoms with Crippen LogP contribution in [0, 0.1) is 0 Å². The zero-order valence-corrected chi connectivity index (χ0v) is 17.0. The normalized spacial score (nSPS) is 16.5. The Balaban J connectivity index is 1.70. The topological polar surface area (TPSA) is 66.5 Å². The number of amides is 1. The van der Waals surface area contributed by atoms with E-state index in [0.717, 1.165) is 50.3 Å². The lowest BCUT2D eigenvalue weighted by atomic mass is 10.0. The minimum atomic E-state index is -3.29. The lowest BCUT2D eigenvalue weighted by Gasteiger charge is -2.32. The highest BCUT2D eigenvalue weighted by Gasteiger charge is 2.23. The fourth-order valence-corrected chi connectivity index (χ4v) is 4.59. The van der Waals surface area contributed by atoms with Crippen molar-refractivity contribution in [2.75, 3.05) is 24.6 Å². The van der Waals surface area contributed by atoms with E-state index in [-0.39, 0.29) is 23.5 Å². The lowest BCUT2D eigenvalue weighted by Crippen LogP contribution is -2.46. The first-order valence-corrected chi connectivity index (χ1v) is 11.5. The first-order valence-electron chi connectivity index (χ1n) is 9.34. The molecule has 0 atom stereocenters. The molecule has 1 aromatic carbocycles. The molecule has 0 bridgehead atoms. The van der Waals surface area contributed by atoms with Crippen LogP contribution in [0.4, 0.5) is 0 Å². The number of benzene rings is 1. The molecule has 1 N–H and O–H groups in total. The quantitative estimate of drug-likeness (QED) is 0.647. The summed E-state index contributed by atoms with van der Waals surface area (Å²) in [6, 6.07) is 7.91. The van der Waals surface area contributed by atoms with E-state index >= 15 is 0 Å². The highest BCUT2D eigenvalue weighted by molar-refractivity contribution is 7.92. The van der Waals surface area contributed by atoms with E-state index in [9.17, 15) is 13.2 Å². The van der Waals surface area contributed by atoms with Crippen LogP contribution in [0.5, 0.6) is 0 Å². The summed E-state index contributed by atoms with van der Waals surface area (Å²) in [6.07, 6.45) is 4.17. The van der Waals surface area contributed by atoms with Gasteiger partial charge in [0.15, 0.2) is 9.84 Å². The Labute approximate surface area is 162 Å². The number of sulfone groups is 1. The molecule has 0 saturated carbocycles. The van der Waals surface area contributed by atoms with Gasteiger partial charge < -0.3 is 5.32 Å². The largest absolute Gasteiger partial charge is 0.352 e. The van der Waals surface area contributed by atoms with Crippen molar-refractivity contribution in [3.8, 4) is 0 Å². The molecule has 26 heavy (non-hydrogen) atoms. The average molecular weight is 401 g/mol. The van der Waals surface area contributed by atoms with E-state index < -0.39 is 9.84 Å². The lowest BCUT2D eigenvalue weighted by molar-refractivity contribution is -0.119. The number of rotatable bonds is 9. The Morgan fingerprint density at radius 3 is 2.46 bits per heavy atom. The standard InChI is InChI=1S/C19H29ClN2O3S/c1-2-3-4-13-26(24,25)15-19(23)21-18-9-11-22(12-10-18)14-16-5-7-17(20)8-6-16/h5-8,18H,2-4,9-15H2,1H3,(H,21,23). The predicted octanol–water partition coefficient (Wildman–Crippen LogP) is 3.03. The molecule has 0 spiro atoms. The van der Waals surface area contributed by atoms with Gasteiger partial charge in [0.1, 0.15) is 5.75 Å². The van der Waals surface area contributed by atoms with Crippen molar-refractivity contribution in [1.29, 1.82) is 0 Å². The Morgan fingerprint density at radius 2 is 1.85 bits per heavy atom. The Hall–Kier alpha value is -1.11. The van der Waals surface area contributed by atoms with Gasteiger partial charge in [-0.25, -0.2) is 8.42 Å². The van der Waals surface area contributed by atoms with Gasteiger partial charge in [-0.1, -0.05) is 43.5 Å². The van der Waals surface area contributed by atoms with E-state index in [4.69, 9.17) is 11.6 Å². The molecule has 0 unspecified atom stereocenters. The van der Waals surface area contributed by atoms with Gasteiger partial charge in [0.2, 0.25) is 5.91 Å². The summed E-state index contributed by atoms with van der Waals surface area (Å²) in [5.74, 6) is -0.646. The van der Waals surface area contributed by atoms with Crippen molar-refractivity contribution < 1.29 is 13.2 Å². The van der Waals surface area contributed by atoms with E-state index in [1.165, 1.54) is 5.56 Å². The fraction of sp³-hybridized carbons (Fsp3) is 0.632. The molecule has 2 rings (SSSR count). The number of unbranched alkanes of at least 4 members (excludes halogenated alkanes) is 2. The summed E-state index contributed by atoms with van der Waals surface area (Å²) >= 11 is 5.91. The SMILES string of the molecule is CCCCCS(=O)(=O)CC(=O)NC1CCN(Cc2ccc(Cl)cc2)CC1. The number of carbonyl (C=O) groups is 1. The van der Waals surface area contributed by atoms with Gasteiger partial charge in [-0.2, -0.15) is 0 Å². The molecule has 146 valence electrons. The molecular weight excluding hydrogens is 372 g/mol. The van der Waals surface area contributed by atoms with Crippen molar-refractivity contribution in [3.63, 3.8) is 0 Å². The fourth-order valence-electron chi connectivity index (χ4n) is 3.20. The Bertz CT molecular complexity index is 669. The molecule has 1 aliphatic heterocycles. The van der Waals surface area contributed by atoms with E-state index in [0.29, 0.717) is 6.42 Å². The predicted molar refractivity (Wildman–Crippen MR) is 106 cm³/mol. The first-order chi connectivity index (χ1) is 12.4. The molecule has 5 nitrogen and oxygen atoms in total. The third kappa shape index (κ3) is 7.64. The molecule has 1 saturated heterocycles. The van der Waals surface area contributed by atoms with Crippen molar-refractivity contribution >= 4 is 27.3 Å². The van der Waals surface area contributed by atoms with Crippen LogP contribution < -0.4 is 5.32 Å². The van der Waals surface area contributed by atoms with Gasteiger partial charge in [-0.05, 0) is 37.0 Å². The van der Waals surface area contributed by atoms with Crippen LogP contribution in [0.2, 0.25) is 5.02 Å². The molecule has 1 aliphatic rings. The second-order valence-electron chi connectivity index (χ2n) is 7.04. The van der Waals surface area contributed by atoms with Gasteiger partial charge >= 0.3 is 0 Å². The van der Waals surface area contributed by atoms with Crippen molar-refractivity contribution in [2.24, 2.45) is 0 Å². The monoisotopic (exact) mass is 400 g/mol. The van der Waals surface area contributed by atoms with Gasteiger partial charge in [0.05, 0.1) is 5.75 Å². The third-order valence-corrected chi connectivity index (χ3v) is 6.55. The van der Waals surface area contributed by atoms with Crippen LogP contribution in [-0.4, -0.2) is 49.9 Å². The van der Waals surface area contributed by atoms with Gasteiger partial charge in [-0.15, -0.1) is 0 Å². The van der Waals surface area contributed by atoms with E-state index in [1.807, 2.05) is 31.2 Å². The second kappa shape index (κ2) is 10.3. The van der Waals surface area contributed by atoms with Crippen LogP contribution in [0.1, 0.15) is 44.6 Å². The molecule has 0 aliphatic carbocycles. The maximum atomic E-state index is 12.0. The Kier molecular flexibility index (Phi) is 8.38. The minimum Gasteiger partial charge on any atom is -0.352 e. The molecule has 1 fully saturated rings. The number of likely N-dealkylation sites (tertiary alicyclic amines) is 1. The summed E-state index contributed by atoms with van der Waals surface area (Å²) < 4.78 is 23.9. The molecule has 1 amide bonds. The van der Waals surface area contributed by atoms with Crippen molar-refractivity contribution in [2.45, 2.75) is 51.6 Å². The summed E-state index contributed by atoms with van der Waals surface area (Å²) in [5.41, 5.74) is 1.22. The summed E-state index contributed by atoms with van der Waals surface area (Å²) in [6.45, 7) is 4.66. The molecule has 0 radical (unpaired) electrons. The smallest absolute Gasteiger partial charge is 0.235 e. The van der Waals surface area contributed by atoms with Gasteiger partial charge in [-0.3, -0.25) is 9.69 Å². The molecule has 1 heterocycles. The zero-order chi connectivity index (χ0) is 19.0. The summed E-state index contributed by atoms with van der Waals surface area (Å²) in [5, 5.41) is 3.63. The maximum absolute atomic E-state index is 12.0. The maximum Gasteiger partial charge on any atom is 0.235 e. The van der Waals surface area contributed by atoms with Gasteiger partial charge in [0.25, 0.3) is 0 Å². The van der Waals surface area contributed by atoms with Crippen LogP contribution in [0.3, 0.4) is 0 Å². The van der Waals surface area contributed by atoms with Crippen LogP contribution in [0.25, 0.3) is 0 Å². The van der Waals surface area contributed by atoms with E-state index in [2.05, 4.69) is 10.2 Å². The molecule has 1 aromatic rings. The number of hydrogen-bond acceptors (Lipinski definition) is 4. The van der Waals surface area contributed by atoms with Crippen molar-refractivity contribution in [1.82, 2.24) is 10.2 Å². The zero-order valence-electron chi connectivity index (χ0n) is 15.4. The molecule has 0 aromatic heterocycles. The van der Waals surface area contributed by atoms with Crippen LogP contribution in [0.15, 0.2) is 24.3 Å². The number of halogens is 1. The highest BCUT2D eigenvalue weighted by Crippen LogP contribution is 2.16. The number of piperidine rings is 1. The summed E-state index contributed by atoms with van der Waals surface area (Å²) in [7, 11) is -3.29. The van der Waals surface area contributed by atoms with Gasteiger partial charge in [0, 0.05) is 30.7 Å². The van der Waals surface area contributed by atoms with Crippen molar-refractivity contribution in [3.05, 3.63) is 34.9 Å². The number of carbonyl (C=O) groups excluding carboxylic acids is 1. The number of nitrogens with zero attached hydrogens (tertiary/aromatic N) is 1. The van der Waals surface area contributed by atoms with E-state index in [1.54, 1.807) is 0 Å². The van der Waals surface area contributed by atoms with Crippen LogP contribution >= 0.6 is 11.6 Å². The minimum absolute atomic E-state index is 0.0646. The first kappa shape index (κ1) is 21.2. The summed E-state index contributed by atoms with van der Waals surface area (Å²) in [4.78, 5) is 14.4. The second-order valence-corrected chi connectivity index (χ2v) is 9.66. The highest BCUT2D eigenvalue weighted by atomic mass is 35.5. The Morgan fingerprint density at radius 1 is 1.19 bits per heavy atom. The number of nitrogens with one attached hydrogen (secondary N) is 1. The molecule has 7 heteroatoms. The molecular formula is C19H29ClN2O3S. The van der Waals surface area contributed by atoms with Crippen LogP contribution in [-0.2, 0) is 21.2 Å². The number of hydrogen-bond donors (Lipinski definition) is 1.